The van der Waals surface area contributed by atoms with Crippen molar-refractivity contribution in [1.82, 2.24) is 9.13 Å². The molecule has 0 saturated heterocycles. The second-order valence-electron chi connectivity index (χ2n) is 6.84. The van der Waals surface area contributed by atoms with Gasteiger partial charge in [-0.2, -0.15) is 0 Å². The van der Waals surface area contributed by atoms with Crippen LogP contribution in [0.1, 0.15) is 30.7 Å². The molecule has 0 spiro atoms. The molecule has 0 bridgehead atoms. The predicted molar refractivity (Wildman–Crippen MR) is 120 cm³/mol. The Bertz CT molecular complexity index is 1180. The highest BCUT2D eigenvalue weighted by molar-refractivity contribution is 7.71. The summed E-state index contributed by atoms with van der Waals surface area (Å²) in [5.41, 5.74) is 5.67. The van der Waals surface area contributed by atoms with Crippen LogP contribution in [0.5, 0.6) is 11.6 Å². The van der Waals surface area contributed by atoms with Crippen molar-refractivity contribution in [3.8, 4) is 17.3 Å². The lowest BCUT2D eigenvalue weighted by Gasteiger charge is -2.07. The summed E-state index contributed by atoms with van der Waals surface area (Å²) >= 11 is 5.60. The first-order chi connectivity index (χ1) is 14.0. The zero-order valence-corrected chi connectivity index (χ0v) is 17.5. The molecule has 1 aliphatic heterocycles. The Kier molecular flexibility index (Phi) is 5.11. The molecule has 1 aromatic heterocycles. The summed E-state index contributed by atoms with van der Waals surface area (Å²) < 4.78 is 9.48. The normalized spacial score (nSPS) is 13.8. The van der Waals surface area contributed by atoms with E-state index in [2.05, 4.69) is 24.0 Å². The van der Waals surface area contributed by atoms with Gasteiger partial charge in [0, 0.05) is 24.4 Å². The van der Waals surface area contributed by atoms with E-state index >= 15 is 0 Å². The molecule has 1 aliphatic rings. The molecule has 0 radical (unpaired) electrons. The van der Waals surface area contributed by atoms with Gasteiger partial charge in [-0.1, -0.05) is 25.1 Å². The molecule has 6 heteroatoms. The Morgan fingerprint density at radius 1 is 1.14 bits per heavy atom. The Labute approximate surface area is 175 Å². The van der Waals surface area contributed by atoms with Crippen LogP contribution in [-0.2, 0) is 13.5 Å². The number of hydrogen-bond donors (Lipinski definition) is 1. The molecule has 0 aliphatic carbocycles. The number of hydrogen-bond acceptors (Lipinski definition) is 4. The molecule has 0 unspecified atom stereocenters. The first-order valence-electron chi connectivity index (χ1n) is 9.67. The smallest absolute Gasteiger partial charge is 0.222 e. The summed E-state index contributed by atoms with van der Waals surface area (Å²) in [7, 11) is 1.86. The number of para-hydroxylation sites is 1. The van der Waals surface area contributed by atoms with E-state index in [1.165, 1.54) is 5.56 Å². The molecule has 0 amide bonds. The minimum atomic E-state index is 0.0997. The van der Waals surface area contributed by atoms with Crippen LogP contribution in [0.3, 0.4) is 0 Å². The Balaban J connectivity index is 1.79. The molecule has 3 aromatic rings. The number of aromatic nitrogens is 2. The van der Waals surface area contributed by atoms with Crippen LogP contribution in [0.4, 0.5) is 5.69 Å². The van der Waals surface area contributed by atoms with Crippen LogP contribution in [0.2, 0.25) is 0 Å². The van der Waals surface area contributed by atoms with E-state index < -0.39 is 0 Å². The van der Waals surface area contributed by atoms with Gasteiger partial charge in [-0.15, -0.1) is 0 Å². The van der Waals surface area contributed by atoms with Gasteiger partial charge < -0.3 is 14.4 Å². The van der Waals surface area contributed by atoms with E-state index in [0.717, 1.165) is 34.7 Å². The van der Waals surface area contributed by atoms with E-state index in [4.69, 9.17) is 17.0 Å². The number of imidazole rings is 1. The first kappa shape index (κ1) is 19.2. The number of fused-ring (bicyclic) bond motifs is 1. The standard InChI is InChI=1S/C23H23N3O2S/c1-4-15-7-6-8-19-16(14-24-21(15)19)13-20-22(27)26(23(29)25(20)3)17-9-11-18(12-10-17)28-5-2/h6-14,27H,4-5H2,1-3H3. The van der Waals surface area contributed by atoms with Gasteiger partial charge in [-0.25, -0.2) is 0 Å². The number of aryl methyl sites for hydroxylation is 1. The minimum absolute atomic E-state index is 0.0997. The molecular weight excluding hydrogens is 382 g/mol. The van der Waals surface area contributed by atoms with Gasteiger partial charge >= 0.3 is 0 Å². The number of nitrogens with zero attached hydrogens (tertiary/aromatic N) is 3. The molecular formula is C23H23N3O2S. The van der Waals surface area contributed by atoms with Crippen molar-refractivity contribution in [1.29, 1.82) is 0 Å². The molecule has 0 fully saturated rings. The maximum atomic E-state index is 11.0. The number of benzene rings is 2. The van der Waals surface area contributed by atoms with Crippen LogP contribution in [-0.4, -0.2) is 27.1 Å². The maximum Gasteiger partial charge on any atom is 0.222 e. The molecule has 29 heavy (non-hydrogen) atoms. The van der Waals surface area contributed by atoms with Crippen LogP contribution in [0.25, 0.3) is 17.3 Å². The summed E-state index contributed by atoms with van der Waals surface area (Å²) in [6.07, 6.45) is 4.71. The minimum Gasteiger partial charge on any atom is -0.494 e. The van der Waals surface area contributed by atoms with Gasteiger partial charge in [0.2, 0.25) is 5.88 Å². The number of ether oxygens (including phenoxy) is 1. The third-order valence-electron chi connectivity index (χ3n) is 5.12. The van der Waals surface area contributed by atoms with E-state index in [9.17, 15) is 5.11 Å². The Morgan fingerprint density at radius 3 is 2.59 bits per heavy atom. The average Bonchev–Trinajstić information content (AvgIpc) is 3.24. The molecule has 5 nitrogen and oxygen atoms in total. The topological polar surface area (TPSA) is 51.7 Å². The molecule has 0 atom stereocenters. The molecule has 148 valence electrons. The summed E-state index contributed by atoms with van der Waals surface area (Å²) in [5, 5.41) is 11.0. The van der Waals surface area contributed by atoms with E-state index in [0.29, 0.717) is 17.1 Å². The second kappa shape index (κ2) is 7.72. The fraction of sp³-hybridized carbons (Fsp3) is 0.217. The van der Waals surface area contributed by atoms with Gasteiger partial charge in [0.25, 0.3) is 0 Å². The molecule has 0 saturated carbocycles. The van der Waals surface area contributed by atoms with Gasteiger partial charge in [-0.05, 0) is 61.5 Å². The fourth-order valence-corrected chi connectivity index (χ4v) is 3.88. The zero-order chi connectivity index (χ0) is 20.5. The van der Waals surface area contributed by atoms with Crippen LogP contribution in [0.15, 0.2) is 47.5 Å². The summed E-state index contributed by atoms with van der Waals surface area (Å²) in [6, 6.07) is 13.7. The first-order valence-corrected chi connectivity index (χ1v) is 10.1. The van der Waals surface area contributed by atoms with Crippen molar-refractivity contribution in [3.05, 3.63) is 64.1 Å². The van der Waals surface area contributed by atoms with Gasteiger partial charge in [0.1, 0.15) is 11.4 Å². The lowest BCUT2D eigenvalue weighted by Crippen LogP contribution is -1.97. The molecule has 2 heterocycles. The average molecular weight is 406 g/mol. The SMILES string of the molecule is CCOc1ccc(-n2c(O)c(C=C3C=Nc4c(CC)cccc43)n(C)c2=S)cc1. The van der Waals surface area contributed by atoms with E-state index in [1.54, 1.807) is 4.57 Å². The Morgan fingerprint density at radius 2 is 1.90 bits per heavy atom. The summed E-state index contributed by atoms with van der Waals surface area (Å²) in [5.74, 6) is 0.883. The maximum absolute atomic E-state index is 11.0. The molecule has 4 rings (SSSR count). The zero-order valence-electron chi connectivity index (χ0n) is 16.7. The number of rotatable bonds is 5. The number of allylic oxidation sites excluding steroid dienone is 1. The van der Waals surface area contributed by atoms with Crippen molar-refractivity contribution in [2.45, 2.75) is 20.3 Å². The lowest BCUT2D eigenvalue weighted by atomic mass is 10.0. The van der Waals surface area contributed by atoms with Crippen LogP contribution < -0.4 is 4.74 Å². The highest BCUT2D eigenvalue weighted by Crippen LogP contribution is 2.37. The van der Waals surface area contributed by atoms with E-state index in [-0.39, 0.29) is 5.88 Å². The summed E-state index contributed by atoms with van der Waals surface area (Å²) in [6.45, 7) is 4.68. The number of aromatic hydroxyl groups is 1. The summed E-state index contributed by atoms with van der Waals surface area (Å²) in [4.78, 5) is 4.59. The number of aliphatic imine (C=N–C) groups is 1. The van der Waals surface area contributed by atoms with Crippen LogP contribution in [0, 0.1) is 4.77 Å². The van der Waals surface area contributed by atoms with E-state index in [1.807, 2.05) is 61.2 Å². The highest BCUT2D eigenvalue weighted by atomic mass is 32.1. The lowest BCUT2D eigenvalue weighted by molar-refractivity contribution is 0.340. The van der Waals surface area contributed by atoms with Crippen molar-refractivity contribution < 1.29 is 9.84 Å². The molecule has 1 N–H and O–H groups in total. The van der Waals surface area contributed by atoms with Crippen molar-refractivity contribution in [3.63, 3.8) is 0 Å². The van der Waals surface area contributed by atoms with Crippen LogP contribution >= 0.6 is 12.2 Å². The second-order valence-corrected chi connectivity index (χ2v) is 7.20. The third-order valence-corrected chi connectivity index (χ3v) is 5.58. The van der Waals surface area contributed by atoms with Crippen molar-refractivity contribution >= 4 is 35.8 Å². The predicted octanol–water partition coefficient (Wildman–Crippen LogP) is 5.47. The van der Waals surface area contributed by atoms with Gasteiger partial charge in [-0.3, -0.25) is 9.56 Å². The Hall–Kier alpha value is -3.12. The third kappa shape index (κ3) is 3.29. The largest absolute Gasteiger partial charge is 0.494 e. The van der Waals surface area contributed by atoms with Crippen molar-refractivity contribution in [2.75, 3.05) is 6.61 Å². The van der Waals surface area contributed by atoms with Gasteiger partial charge in [0.05, 0.1) is 18.0 Å². The highest BCUT2D eigenvalue weighted by Gasteiger charge is 2.19. The molecule has 2 aromatic carbocycles. The monoisotopic (exact) mass is 405 g/mol. The van der Waals surface area contributed by atoms with Crippen molar-refractivity contribution in [2.24, 2.45) is 12.0 Å². The van der Waals surface area contributed by atoms with Gasteiger partial charge in [0.15, 0.2) is 4.77 Å². The quantitative estimate of drug-likeness (QED) is 0.573. The fourth-order valence-electron chi connectivity index (χ4n) is 3.59.